The summed E-state index contributed by atoms with van der Waals surface area (Å²) in [6.45, 7) is 0. The Morgan fingerprint density at radius 1 is 1.31 bits per heavy atom. The third-order valence-corrected chi connectivity index (χ3v) is 3.27. The minimum absolute atomic E-state index is 0.219. The molecule has 2 N–H and O–H groups in total. The van der Waals surface area contributed by atoms with Crippen LogP contribution in [0.4, 0.5) is 5.95 Å². The highest BCUT2D eigenvalue weighted by Crippen LogP contribution is 2.21. The number of hydrogen-bond donors (Lipinski definition) is 2. The zero-order chi connectivity index (χ0) is 11.4. The summed E-state index contributed by atoms with van der Waals surface area (Å²) in [7, 11) is 0. The van der Waals surface area contributed by atoms with E-state index in [2.05, 4.69) is 36.7 Å². The Bertz CT molecular complexity index is 487. The Balaban J connectivity index is 1.94. The van der Waals surface area contributed by atoms with Crippen LogP contribution in [-0.4, -0.2) is 15.9 Å². The van der Waals surface area contributed by atoms with E-state index in [4.69, 9.17) is 0 Å². The first kappa shape index (κ1) is 11.0. The van der Waals surface area contributed by atoms with Gasteiger partial charge in [-0.1, -0.05) is 0 Å². The zero-order valence-corrected chi connectivity index (χ0v) is 10.4. The standard InChI is InChI=1S/C9H7BrN4OS/c10-7-3-2-6(16-7)8(15)13-14-9-11-4-1-5-12-9/h1-5H,(H,13,15)(H,11,12,14). The van der Waals surface area contributed by atoms with E-state index < -0.39 is 0 Å². The smallest absolute Gasteiger partial charge is 0.266 e. The van der Waals surface area contributed by atoms with Crippen LogP contribution < -0.4 is 10.9 Å². The predicted molar refractivity (Wildman–Crippen MR) is 65.1 cm³/mol. The number of anilines is 1. The number of thiophene rings is 1. The summed E-state index contributed by atoms with van der Waals surface area (Å²) in [5, 5.41) is 0. The molecule has 0 spiro atoms. The SMILES string of the molecule is O=C(NNc1ncccn1)c1ccc(Br)s1. The molecule has 0 aliphatic heterocycles. The third kappa shape index (κ3) is 2.77. The molecule has 0 aliphatic rings. The molecule has 5 nitrogen and oxygen atoms in total. The number of carbonyl (C=O) groups is 1. The third-order valence-electron chi connectivity index (χ3n) is 1.65. The Hall–Kier alpha value is -1.47. The molecule has 82 valence electrons. The Kier molecular flexibility index (Phi) is 3.47. The van der Waals surface area contributed by atoms with E-state index in [1.807, 2.05) is 6.07 Å². The largest absolute Gasteiger partial charge is 0.279 e. The second-order valence-corrected chi connectivity index (χ2v) is 5.22. The van der Waals surface area contributed by atoms with Crippen LogP contribution in [0.15, 0.2) is 34.4 Å². The number of amides is 1. The van der Waals surface area contributed by atoms with Crippen LogP contribution in [-0.2, 0) is 0 Å². The van der Waals surface area contributed by atoms with Crippen molar-refractivity contribution in [3.63, 3.8) is 0 Å². The van der Waals surface area contributed by atoms with E-state index in [1.54, 1.807) is 24.5 Å². The molecule has 0 saturated carbocycles. The predicted octanol–water partition coefficient (Wildman–Crippen LogP) is 2.06. The van der Waals surface area contributed by atoms with Crippen molar-refractivity contribution >= 4 is 39.1 Å². The summed E-state index contributed by atoms with van der Waals surface area (Å²) in [5.74, 6) is 0.134. The molecule has 2 aromatic rings. The van der Waals surface area contributed by atoms with Gasteiger partial charge in [-0.2, -0.15) is 0 Å². The minimum Gasteiger partial charge on any atom is -0.266 e. The lowest BCUT2D eigenvalue weighted by atomic mass is 10.4. The van der Waals surface area contributed by atoms with Crippen LogP contribution in [0, 0.1) is 0 Å². The number of hydrogen-bond acceptors (Lipinski definition) is 5. The molecule has 0 aromatic carbocycles. The molecule has 7 heteroatoms. The van der Waals surface area contributed by atoms with Crippen molar-refractivity contribution in [1.29, 1.82) is 0 Å². The van der Waals surface area contributed by atoms with Crippen molar-refractivity contribution in [3.05, 3.63) is 39.3 Å². The Morgan fingerprint density at radius 3 is 2.69 bits per heavy atom. The van der Waals surface area contributed by atoms with Gasteiger partial charge < -0.3 is 0 Å². The second kappa shape index (κ2) is 5.04. The summed E-state index contributed by atoms with van der Waals surface area (Å²) in [6.07, 6.45) is 3.17. The molecule has 0 aliphatic carbocycles. The van der Waals surface area contributed by atoms with Gasteiger partial charge in [-0.15, -0.1) is 11.3 Å². The number of nitrogens with zero attached hydrogens (tertiary/aromatic N) is 2. The molecule has 0 radical (unpaired) electrons. The summed E-state index contributed by atoms with van der Waals surface area (Å²) in [4.78, 5) is 20.0. The second-order valence-electron chi connectivity index (χ2n) is 2.76. The molecule has 2 aromatic heterocycles. The molecule has 0 fully saturated rings. The fourth-order valence-corrected chi connectivity index (χ4v) is 2.26. The number of rotatable bonds is 3. The highest BCUT2D eigenvalue weighted by molar-refractivity contribution is 9.11. The molecule has 0 atom stereocenters. The monoisotopic (exact) mass is 298 g/mol. The highest BCUT2D eigenvalue weighted by atomic mass is 79.9. The summed E-state index contributed by atoms with van der Waals surface area (Å²) >= 11 is 4.64. The fourth-order valence-electron chi connectivity index (χ4n) is 0.974. The van der Waals surface area contributed by atoms with Crippen molar-refractivity contribution in [3.8, 4) is 0 Å². The maximum atomic E-state index is 11.6. The number of halogens is 1. The molecular formula is C9H7BrN4OS. The van der Waals surface area contributed by atoms with Crippen molar-refractivity contribution in [2.24, 2.45) is 0 Å². The topological polar surface area (TPSA) is 66.9 Å². The van der Waals surface area contributed by atoms with Gasteiger partial charge in [0.05, 0.1) is 8.66 Å². The van der Waals surface area contributed by atoms with Gasteiger partial charge in [-0.25, -0.2) is 9.97 Å². The zero-order valence-electron chi connectivity index (χ0n) is 7.98. The summed E-state index contributed by atoms with van der Waals surface area (Å²) in [6, 6.07) is 5.25. The molecular weight excluding hydrogens is 292 g/mol. The van der Waals surface area contributed by atoms with E-state index in [0.29, 0.717) is 10.8 Å². The van der Waals surface area contributed by atoms with E-state index in [0.717, 1.165) is 3.79 Å². The Morgan fingerprint density at radius 2 is 2.06 bits per heavy atom. The van der Waals surface area contributed by atoms with Gasteiger partial charge in [-0.05, 0) is 34.1 Å². The first-order valence-electron chi connectivity index (χ1n) is 4.34. The van der Waals surface area contributed by atoms with Crippen LogP contribution >= 0.6 is 27.3 Å². The molecule has 16 heavy (non-hydrogen) atoms. The van der Waals surface area contributed by atoms with Crippen molar-refractivity contribution in [2.75, 3.05) is 5.43 Å². The van der Waals surface area contributed by atoms with Gasteiger partial charge in [0.25, 0.3) is 5.91 Å². The van der Waals surface area contributed by atoms with Crippen LogP contribution in [0.1, 0.15) is 9.67 Å². The molecule has 2 rings (SSSR count). The van der Waals surface area contributed by atoms with Gasteiger partial charge >= 0.3 is 0 Å². The van der Waals surface area contributed by atoms with Gasteiger partial charge in [-0.3, -0.25) is 15.6 Å². The Labute approximate surface area is 104 Å². The molecule has 0 unspecified atom stereocenters. The summed E-state index contributed by atoms with van der Waals surface area (Å²) < 4.78 is 0.911. The number of hydrazine groups is 1. The van der Waals surface area contributed by atoms with Gasteiger partial charge in [0.2, 0.25) is 5.95 Å². The van der Waals surface area contributed by atoms with Crippen molar-refractivity contribution in [2.45, 2.75) is 0 Å². The van der Waals surface area contributed by atoms with E-state index in [1.165, 1.54) is 11.3 Å². The van der Waals surface area contributed by atoms with Crippen molar-refractivity contribution in [1.82, 2.24) is 15.4 Å². The lowest BCUT2D eigenvalue weighted by Crippen LogP contribution is -2.29. The maximum absolute atomic E-state index is 11.6. The number of aromatic nitrogens is 2. The minimum atomic E-state index is -0.219. The molecule has 1 amide bonds. The molecule has 2 heterocycles. The number of carbonyl (C=O) groups excluding carboxylic acids is 1. The van der Waals surface area contributed by atoms with Gasteiger partial charge in [0.15, 0.2) is 0 Å². The van der Waals surface area contributed by atoms with E-state index in [-0.39, 0.29) is 5.91 Å². The molecule has 0 saturated heterocycles. The first-order valence-corrected chi connectivity index (χ1v) is 5.95. The first-order chi connectivity index (χ1) is 7.75. The van der Waals surface area contributed by atoms with Crippen LogP contribution in [0.25, 0.3) is 0 Å². The average molecular weight is 299 g/mol. The van der Waals surface area contributed by atoms with E-state index >= 15 is 0 Å². The van der Waals surface area contributed by atoms with Crippen LogP contribution in [0.5, 0.6) is 0 Å². The van der Waals surface area contributed by atoms with Crippen molar-refractivity contribution < 1.29 is 4.79 Å². The normalized spacial score (nSPS) is 9.81. The van der Waals surface area contributed by atoms with Crippen LogP contribution in [0.2, 0.25) is 0 Å². The van der Waals surface area contributed by atoms with E-state index in [9.17, 15) is 4.79 Å². The number of nitrogens with one attached hydrogen (secondary N) is 2. The van der Waals surface area contributed by atoms with Crippen LogP contribution in [0.3, 0.4) is 0 Å². The lowest BCUT2D eigenvalue weighted by molar-refractivity contribution is 0.0966. The highest BCUT2D eigenvalue weighted by Gasteiger charge is 2.07. The quantitative estimate of drug-likeness (QED) is 0.851. The summed E-state index contributed by atoms with van der Waals surface area (Å²) in [5.41, 5.74) is 5.13. The van der Waals surface area contributed by atoms with Gasteiger partial charge in [0, 0.05) is 12.4 Å². The lowest BCUT2D eigenvalue weighted by Gasteiger charge is -2.04. The van der Waals surface area contributed by atoms with Gasteiger partial charge in [0.1, 0.15) is 0 Å². The fraction of sp³-hybridized carbons (Fsp3) is 0. The average Bonchev–Trinajstić information content (AvgIpc) is 2.74. The maximum Gasteiger partial charge on any atom is 0.279 e. The molecule has 0 bridgehead atoms.